The zero-order chi connectivity index (χ0) is 12.8. The van der Waals surface area contributed by atoms with Gasteiger partial charge in [0.2, 0.25) is 5.91 Å². The molecule has 0 rings (SSSR count). The van der Waals surface area contributed by atoms with Crippen molar-refractivity contribution < 1.29 is 18.4 Å². The minimum absolute atomic E-state index is 0.00519. The summed E-state index contributed by atoms with van der Waals surface area (Å²) in [6, 6.07) is 0. The quantitative estimate of drug-likeness (QED) is 0.272. The van der Waals surface area contributed by atoms with Crippen molar-refractivity contribution in [3.63, 3.8) is 0 Å². The smallest absolute Gasteiger partial charge is 0.237 e. The van der Waals surface area contributed by atoms with Crippen molar-refractivity contribution in [3.05, 3.63) is 0 Å². The first-order valence-corrected chi connectivity index (χ1v) is 6.78. The van der Waals surface area contributed by atoms with E-state index in [4.69, 9.17) is 10.9 Å². The zero-order valence-corrected chi connectivity index (χ0v) is 10.2. The van der Waals surface area contributed by atoms with Gasteiger partial charge in [0.15, 0.2) is 9.84 Å². The number of oxime groups is 1. The van der Waals surface area contributed by atoms with Crippen LogP contribution in [0.3, 0.4) is 0 Å². The number of carbonyl (C=O) groups is 1. The highest BCUT2D eigenvalue weighted by atomic mass is 32.2. The molecule has 3 N–H and O–H groups in total. The lowest BCUT2D eigenvalue weighted by molar-refractivity contribution is -0.128. The highest BCUT2D eigenvalue weighted by Gasteiger charge is 2.17. The lowest BCUT2D eigenvalue weighted by Gasteiger charge is -2.19. The van der Waals surface area contributed by atoms with Gasteiger partial charge in [-0.15, -0.1) is 0 Å². The van der Waals surface area contributed by atoms with Crippen molar-refractivity contribution in [2.75, 3.05) is 25.1 Å². The van der Waals surface area contributed by atoms with E-state index in [2.05, 4.69) is 5.16 Å². The Kier molecular flexibility index (Phi) is 5.79. The molecule has 0 aliphatic carbocycles. The molecular weight excluding hydrogens is 234 g/mol. The molecule has 0 saturated heterocycles. The van der Waals surface area contributed by atoms with E-state index < -0.39 is 21.5 Å². The lowest BCUT2D eigenvalue weighted by Crippen LogP contribution is -2.37. The minimum Gasteiger partial charge on any atom is -0.409 e. The molecule has 8 heteroatoms. The number of rotatable bonds is 6. The summed E-state index contributed by atoms with van der Waals surface area (Å²) in [5.41, 5.74) is 5.25. The molecule has 0 heterocycles. The van der Waals surface area contributed by atoms with Crippen molar-refractivity contribution in [1.82, 2.24) is 4.90 Å². The molecule has 1 amide bonds. The van der Waals surface area contributed by atoms with Crippen LogP contribution in [-0.2, 0) is 14.6 Å². The number of amidine groups is 1. The number of carbonyl (C=O) groups excluding carboxylic acids is 1. The maximum Gasteiger partial charge on any atom is 0.237 e. The summed E-state index contributed by atoms with van der Waals surface area (Å²) >= 11 is 0. The molecule has 0 aliphatic heterocycles. The van der Waals surface area contributed by atoms with E-state index in [0.717, 1.165) is 6.26 Å². The SMILES string of the molecule is CCN(CCC(N)=NO)C(=O)CS(C)(=O)=O. The molecule has 0 unspecified atom stereocenters. The van der Waals surface area contributed by atoms with Crippen LogP contribution in [0.25, 0.3) is 0 Å². The Morgan fingerprint density at radius 3 is 2.44 bits per heavy atom. The average Bonchev–Trinajstić information content (AvgIpc) is 2.15. The molecule has 0 atom stereocenters. The highest BCUT2D eigenvalue weighted by Crippen LogP contribution is 1.96. The topological polar surface area (TPSA) is 113 Å². The Balaban J connectivity index is 4.34. The number of hydrogen-bond donors (Lipinski definition) is 2. The number of hydrogen-bond acceptors (Lipinski definition) is 5. The van der Waals surface area contributed by atoms with Crippen molar-refractivity contribution in [2.45, 2.75) is 13.3 Å². The third-order valence-corrected chi connectivity index (χ3v) is 2.66. The third-order valence-electron chi connectivity index (χ3n) is 1.89. The molecule has 16 heavy (non-hydrogen) atoms. The highest BCUT2D eigenvalue weighted by molar-refractivity contribution is 7.91. The number of amides is 1. The molecule has 0 aromatic carbocycles. The summed E-state index contributed by atoms with van der Waals surface area (Å²) in [6.07, 6.45) is 1.21. The standard InChI is InChI=1S/C8H17N3O4S/c1-3-11(5-4-7(9)10-13)8(12)6-16(2,14)15/h13H,3-6H2,1-2H3,(H2,9,10). The Bertz CT molecular complexity index is 363. The van der Waals surface area contributed by atoms with Gasteiger partial charge in [-0.25, -0.2) is 8.42 Å². The second kappa shape index (κ2) is 6.31. The lowest BCUT2D eigenvalue weighted by atomic mass is 10.3. The first-order valence-electron chi connectivity index (χ1n) is 4.72. The van der Waals surface area contributed by atoms with Crippen molar-refractivity contribution in [2.24, 2.45) is 10.9 Å². The van der Waals surface area contributed by atoms with E-state index in [0.29, 0.717) is 6.54 Å². The average molecular weight is 251 g/mol. The van der Waals surface area contributed by atoms with E-state index in [1.807, 2.05) is 0 Å². The van der Waals surface area contributed by atoms with Crippen LogP contribution in [0.15, 0.2) is 5.16 Å². The first kappa shape index (κ1) is 14.7. The van der Waals surface area contributed by atoms with Crippen LogP contribution in [0, 0.1) is 0 Å². The minimum atomic E-state index is -3.32. The fourth-order valence-electron chi connectivity index (χ4n) is 1.07. The molecule has 0 aromatic heterocycles. The molecule has 0 aromatic rings. The molecule has 0 aliphatic rings. The predicted octanol–water partition coefficient (Wildman–Crippen LogP) is -0.984. The summed E-state index contributed by atoms with van der Waals surface area (Å²) in [7, 11) is -3.32. The predicted molar refractivity (Wildman–Crippen MR) is 60.0 cm³/mol. The molecule has 0 spiro atoms. The van der Waals surface area contributed by atoms with Crippen LogP contribution >= 0.6 is 0 Å². The molecule has 0 radical (unpaired) electrons. The largest absolute Gasteiger partial charge is 0.409 e. The van der Waals surface area contributed by atoms with Crippen LogP contribution in [0.2, 0.25) is 0 Å². The molecule has 94 valence electrons. The van der Waals surface area contributed by atoms with Gasteiger partial charge < -0.3 is 15.8 Å². The monoisotopic (exact) mass is 251 g/mol. The van der Waals surface area contributed by atoms with E-state index in [-0.39, 0.29) is 18.8 Å². The van der Waals surface area contributed by atoms with Gasteiger partial charge >= 0.3 is 0 Å². The van der Waals surface area contributed by atoms with Gasteiger partial charge in [-0.1, -0.05) is 5.16 Å². The second-order valence-electron chi connectivity index (χ2n) is 3.38. The van der Waals surface area contributed by atoms with Gasteiger partial charge in [0.1, 0.15) is 11.6 Å². The van der Waals surface area contributed by atoms with Crippen LogP contribution in [0.5, 0.6) is 0 Å². The van der Waals surface area contributed by atoms with Crippen molar-refractivity contribution in [3.8, 4) is 0 Å². The second-order valence-corrected chi connectivity index (χ2v) is 5.53. The van der Waals surface area contributed by atoms with Crippen LogP contribution in [0.1, 0.15) is 13.3 Å². The number of nitrogens with zero attached hydrogens (tertiary/aromatic N) is 2. The van der Waals surface area contributed by atoms with Gasteiger partial charge in [0.25, 0.3) is 0 Å². The summed E-state index contributed by atoms with van der Waals surface area (Å²) in [4.78, 5) is 12.8. The Morgan fingerprint density at radius 2 is 2.06 bits per heavy atom. The maximum atomic E-state index is 11.5. The Labute approximate surface area is 94.8 Å². The third kappa shape index (κ3) is 6.23. The van der Waals surface area contributed by atoms with Gasteiger partial charge in [0.05, 0.1) is 0 Å². The maximum absolute atomic E-state index is 11.5. The molecule has 0 saturated carbocycles. The zero-order valence-electron chi connectivity index (χ0n) is 9.38. The summed E-state index contributed by atoms with van der Waals surface area (Å²) in [5, 5.41) is 11.1. The fourth-order valence-corrected chi connectivity index (χ4v) is 1.71. The van der Waals surface area contributed by atoms with Crippen LogP contribution in [0.4, 0.5) is 0 Å². The summed E-state index contributed by atoms with van der Waals surface area (Å²) in [6.45, 7) is 2.35. The van der Waals surface area contributed by atoms with E-state index in [1.54, 1.807) is 6.92 Å². The van der Waals surface area contributed by atoms with Gasteiger partial charge in [-0.3, -0.25) is 4.79 Å². The van der Waals surface area contributed by atoms with Gasteiger partial charge in [-0.2, -0.15) is 0 Å². The van der Waals surface area contributed by atoms with E-state index >= 15 is 0 Å². The fraction of sp³-hybridized carbons (Fsp3) is 0.750. The van der Waals surface area contributed by atoms with Gasteiger partial charge in [0, 0.05) is 25.8 Å². The van der Waals surface area contributed by atoms with E-state index in [1.165, 1.54) is 4.90 Å². The van der Waals surface area contributed by atoms with E-state index in [9.17, 15) is 13.2 Å². The molecular formula is C8H17N3O4S. The molecule has 7 nitrogen and oxygen atoms in total. The van der Waals surface area contributed by atoms with Crippen LogP contribution in [-0.4, -0.2) is 55.4 Å². The number of sulfone groups is 1. The van der Waals surface area contributed by atoms with Gasteiger partial charge in [-0.05, 0) is 6.92 Å². The molecule has 0 bridgehead atoms. The number of nitrogens with two attached hydrogens (primary N) is 1. The van der Waals surface area contributed by atoms with Crippen molar-refractivity contribution >= 4 is 21.6 Å². The normalized spacial score (nSPS) is 12.5. The first-order chi connectivity index (χ1) is 7.30. The van der Waals surface area contributed by atoms with Crippen LogP contribution < -0.4 is 5.73 Å². The summed E-state index contributed by atoms with van der Waals surface area (Å²) in [5.74, 6) is -0.988. The summed E-state index contributed by atoms with van der Waals surface area (Å²) < 4.78 is 21.8. The van der Waals surface area contributed by atoms with Crippen molar-refractivity contribution in [1.29, 1.82) is 0 Å². The Morgan fingerprint density at radius 1 is 1.50 bits per heavy atom. The Hall–Kier alpha value is -1.31. The molecule has 0 fully saturated rings.